The highest BCUT2D eigenvalue weighted by atomic mass is 15.0. The monoisotopic (exact) mass is 555 g/mol. The third kappa shape index (κ3) is 3.58. The second-order valence-corrected chi connectivity index (χ2v) is 11.7. The number of benzene rings is 5. The molecule has 0 atom stereocenters. The zero-order valence-corrected chi connectivity index (χ0v) is 25.0. The van der Waals surface area contributed by atoms with E-state index in [4.69, 9.17) is 4.98 Å². The molecule has 43 heavy (non-hydrogen) atoms. The lowest BCUT2D eigenvalue weighted by atomic mass is 9.82. The van der Waals surface area contributed by atoms with E-state index in [0.29, 0.717) is 0 Å². The summed E-state index contributed by atoms with van der Waals surface area (Å²) in [5.74, 6) is 0. The van der Waals surface area contributed by atoms with Crippen LogP contribution in [0.4, 0.5) is 0 Å². The van der Waals surface area contributed by atoms with Crippen LogP contribution in [-0.2, 0) is 5.41 Å². The summed E-state index contributed by atoms with van der Waals surface area (Å²) in [6.45, 7) is 8.69. The van der Waals surface area contributed by atoms with Crippen molar-refractivity contribution in [1.29, 1.82) is 0 Å². The van der Waals surface area contributed by atoms with Crippen molar-refractivity contribution in [2.75, 3.05) is 0 Å². The largest absolute Gasteiger partial charge is 0.316 e. The SMILES string of the molecule is CC.CC1(C)c2ccccc2-c2ccc(-n3c4cccnc4c4ccc5c(ccn5-c5ccc6ccccc6c5)c43)cc21. The first kappa shape index (κ1) is 25.6. The van der Waals surface area contributed by atoms with E-state index in [1.54, 1.807) is 0 Å². The Morgan fingerprint density at radius 1 is 0.581 bits per heavy atom. The molecule has 0 spiro atoms. The highest BCUT2D eigenvalue weighted by Gasteiger charge is 2.35. The van der Waals surface area contributed by atoms with Gasteiger partial charge in [0.25, 0.3) is 0 Å². The minimum absolute atomic E-state index is 0.0618. The topological polar surface area (TPSA) is 22.8 Å². The first-order valence-electron chi connectivity index (χ1n) is 15.2. The molecule has 3 nitrogen and oxygen atoms in total. The zero-order valence-electron chi connectivity index (χ0n) is 25.0. The Bertz CT molecular complexity index is 2350. The molecule has 0 fully saturated rings. The van der Waals surface area contributed by atoms with Crippen molar-refractivity contribution >= 4 is 43.6 Å². The van der Waals surface area contributed by atoms with E-state index in [1.807, 2.05) is 26.1 Å². The molecule has 0 saturated heterocycles. The van der Waals surface area contributed by atoms with Crippen LogP contribution in [0.15, 0.2) is 128 Å². The maximum Gasteiger partial charge on any atom is 0.0963 e. The molecule has 1 aliphatic rings. The van der Waals surface area contributed by atoms with Gasteiger partial charge in [0, 0.05) is 40.0 Å². The second kappa shape index (κ2) is 9.43. The van der Waals surface area contributed by atoms with E-state index in [1.165, 1.54) is 60.5 Å². The summed E-state index contributed by atoms with van der Waals surface area (Å²) < 4.78 is 4.73. The van der Waals surface area contributed by atoms with Gasteiger partial charge in [0.1, 0.15) is 0 Å². The fourth-order valence-electron chi connectivity index (χ4n) is 7.19. The van der Waals surface area contributed by atoms with Crippen LogP contribution in [0.25, 0.3) is 66.1 Å². The Labute approximate surface area is 251 Å². The van der Waals surface area contributed by atoms with Crippen molar-refractivity contribution in [1.82, 2.24) is 14.1 Å². The zero-order chi connectivity index (χ0) is 29.3. The average molecular weight is 556 g/mol. The molecule has 0 unspecified atom stereocenters. The van der Waals surface area contributed by atoms with Gasteiger partial charge in [-0.15, -0.1) is 0 Å². The highest BCUT2D eigenvalue weighted by Crippen LogP contribution is 2.49. The summed E-state index contributed by atoms with van der Waals surface area (Å²) >= 11 is 0. The summed E-state index contributed by atoms with van der Waals surface area (Å²) in [4.78, 5) is 4.87. The maximum absolute atomic E-state index is 4.87. The van der Waals surface area contributed by atoms with Gasteiger partial charge in [0.05, 0.1) is 22.1 Å². The summed E-state index contributed by atoms with van der Waals surface area (Å²) in [7, 11) is 0. The van der Waals surface area contributed by atoms with Crippen molar-refractivity contribution < 1.29 is 0 Å². The maximum atomic E-state index is 4.87. The molecule has 208 valence electrons. The number of pyridine rings is 1. The van der Waals surface area contributed by atoms with Gasteiger partial charge < -0.3 is 9.13 Å². The Morgan fingerprint density at radius 3 is 2.23 bits per heavy atom. The highest BCUT2D eigenvalue weighted by molar-refractivity contribution is 6.17. The van der Waals surface area contributed by atoms with Gasteiger partial charge in [0.15, 0.2) is 0 Å². The van der Waals surface area contributed by atoms with E-state index in [0.717, 1.165) is 16.7 Å². The minimum Gasteiger partial charge on any atom is -0.316 e. The second-order valence-electron chi connectivity index (χ2n) is 11.7. The third-order valence-corrected chi connectivity index (χ3v) is 9.19. The Hall–Kier alpha value is -5.15. The smallest absolute Gasteiger partial charge is 0.0963 e. The summed E-state index contributed by atoms with van der Waals surface area (Å²) in [5.41, 5.74) is 12.3. The fourth-order valence-corrected chi connectivity index (χ4v) is 7.19. The van der Waals surface area contributed by atoms with Crippen LogP contribution >= 0.6 is 0 Å². The lowest BCUT2D eigenvalue weighted by Crippen LogP contribution is -2.15. The Kier molecular flexibility index (Phi) is 5.61. The number of rotatable bonds is 2. The molecule has 3 heteroatoms. The number of aromatic nitrogens is 3. The van der Waals surface area contributed by atoms with Crippen LogP contribution in [0, 0.1) is 0 Å². The van der Waals surface area contributed by atoms with Gasteiger partial charge >= 0.3 is 0 Å². The van der Waals surface area contributed by atoms with E-state index in [9.17, 15) is 0 Å². The van der Waals surface area contributed by atoms with Gasteiger partial charge in [-0.05, 0) is 87.6 Å². The number of hydrogen-bond acceptors (Lipinski definition) is 1. The van der Waals surface area contributed by atoms with E-state index >= 15 is 0 Å². The molecule has 0 radical (unpaired) electrons. The van der Waals surface area contributed by atoms with E-state index in [-0.39, 0.29) is 5.41 Å². The van der Waals surface area contributed by atoms with E-state index in [2.05, 4.69) is 138 Å². The van der Waals surface area contributed by atoms with Crippen molar-refractivity contribution in [3.05, 3.63) is 139 Å². The minimum atomic E-state index is -0.0618. The van der Waals surface area contributed by atoms with Crippen LogP contribution in [0.1, 0.15) is 38.8 Å². The molecule has 3 heterocycles. The predicted octanol–water partition coefficient (Wildman–Crippen LogP) is 10.6. The van der Waals surface area contributed by atoms with Gasteiger partial charge in [-0.25, -0.2) is 0 Å². The first-order valence-corrected chi connectivity index (χ1v) is 15.2. The lowest BCUT2D eigenvalue weighted by Gasteiger charge is -2.22. The van der Waals surface area contributed by atoms with Crippen molar-refractivity contribution in [3.8, 4) is 22.5 Å². The quantitative estimate of drug-likeness (QED) is 0.208. The van der Waals surface area contributed by atoms with Gasteiger partial charge in [-0.1, -0.05) is 88.4 Å². The van der Waals surface area contributed by atoms with Crippen LogP contribution in [0.5, 0.6) is 0 Å². The third-order valence-electron chi connectivity index (χ3n) is 9.19. The van der Waals surface area contributed by atoms with E-state index < -0.39 is 0 Å². The van der Waals surface area contributed by atoms with Crippen molar-refractivity contribution in [2.24, 2.45) is 0 Å². The molecule has 0 bridgehead atoms. The Morgan fingerprint density at radius 2 is 1.35 bits per heavy atom. The summed E-state index contributed by atoms with van der Waals surface area (Å²) in [6, 6.07) is 42.1. The standard InChI is InChI=1S/C38H27N3.C2H6/c1-38(2)32-11-6-5-10-28(32)29-16-15-27(23-33(29)38)41-35-12-7-20-39-36(35)31-17-18-34-30(37(31)41)19-21-40(34)26-14-13-24-8-3-4-9-25(24)22-26;1-2/h3-23H,1-2H3;1-2H3. The van der Waals surface area contributed by atoms with Gasteiger partial charge in [-0.2, -0.15) is 0 Å². The molecule has 0 N–H and O–H groups in total. The first-order chi connectivity index (χ1) is 21.1. The van der Waals surface area contributed by atoms with Crippen molar-refractivity contribution in [2.45, 2.75) is 33.1 Å². The fraction of sp³-hybridized carbons (Fsp3) is 0.125. The molecule has 9 rings (SSSR count). The molecular formula is C40H33N3. The average Bonchev–Trinajstić information content (AvgIpc) is 3.71. The van der Waals surface area contributed by atoms with Gasteiger partial charge in [-0.3, -0.25) is 4.98 Å². The normalized spacial score (nSPS) is 13.3. The van der Waals surface area contributed by atoms with Crippen LogP contribution < -0.4 is 0 Å². The molecule has 0 amide bonds. The number of fused-ring (bicyclic) bond motifs is 9. The van der Waals surface area contributed by atoms with Crippen LogP contribution in [-0.4, -0.2) is 14.1 Å². The lowest BCUT2D eigenvalue weighted by molar-refractivity contribution is 0.660. The molecule has 5 aromatic carbocycles. The number of nitrogens with zero attached hydrogens (tertiary/aromatic N) is 3. The van der Waals surface area contributed by atoms with Crippen LogP contribution in [0.3, 0.4) is 0 Å². The summed E-state index contributed by atoms with van der Waals surface area (Å²) in [6.07, 6.45) is 4.10. The molecular weight excluding hydrogens is 522 g/mol. The van der Waals surface area contributed by atoms with Gasteiger partial charge in [0.2, 0.25) is 0 Å². The molecule has 0 aliphatic heterocycles. The predicted molar refractivity (Wildman–Crippen MR) is 182 cm³/mol. The Balaban J connectivity index is 0.00000136. The number of hydrogen-bond donors (Lipinski definition) is 0. The molecule has 3 aromatic heterocycles. The van der Waals surface area contributed by atoms with Crippen molar-refractivity contribution in [3.63, 3.8) is 0 Å². The molecule has 1 aliphatic carbocycles. The van der Waals surface area contributed by atoms with Crippen LogP contribution in [0.2, 0.25) is 0 Å². The molecule has 8 aromatic rings. The molecule has 0 saturated carbocycles. The summed E-state index contributed by atoms with van der Waals surface area (Å²) in [5, 5.41) is 4.89.